The fourth-order valence-electron chi connectivity index (χ4n) is 6.36. The number of ether oxygens (including phenoxy) is 2. The van der Waals surface area contributed by atoms with Gasteiger partial charge in [-0.1, -0.05) is 126 Å². The second-order valence-corrected chi connectivity index (χ2v) is 18.6. The van der Waals surface area contributed by atoms with Crippen LogP contribution in [-0.2, 0) is 45.5 Å². The van der Waals surface area contributed by atoms with Crippen LogP contribution >= 0.6 is 7.82 Å². The van der Waals surface area contributed by atoms with E-state index in [1.807, 2.05) is 76.7 Å². The highest BCUT2D eigenvalue weighted by Gasteiger charge is 2.22. The van der Waals surface area contributed by atoms with Crippen molar-refractivity contribution in [3.05, 3.63) is 83.4 Å². The highest BCUT2D eigenvalue weighted by molar-refractivity contribution is 7.45. The molecule has 12 heteroatoms. The summed E-state index contributed by atoms with van der Waals surface area (Å²) in [7, 11) is 1.07. The second-order valence-electron chi connectivity index (χ2n) is 17.2. The molecule has 2 unspecified atom stereocenters. The Morgan fingerprint density at radius 3 is 1.95 bits per heavy atom. The van der Waals surface area contributed by atoms with Gasteiger partial charge in [0.1, 0.15) is 31.3 Å². The van der Waals surface area contributed by atoms with E-state index >= 15 is 0 Å². The molecule has 11 nitrogen and oxygen atoms in total. The maximum absolute atomic E-state index is 12.7. The van der Waals surface area contributed by atoms with E-state index in [0.717, 1.165) is 70.0 Å². The number of hydrogen-bond donors (Lipinski definition) is 1. The van der Waals surface area contributed by atoms with E-state index < -0.39 is 38.6 Å². The van der Waals surface area contributed by atoms with Gasteiger partial charge in [-0.25, -0.2) is 0 Å². The molecule has 1 heterocycles. The van der Waals surface area contributed by atoms with Crippen molar-refractivity contribution in [3.63, 3.8) is 0 Å². The molecule has 0 aromatic carbocycles. The fourth-order valence-corrected chi connectivity index (χ4v) is 7.09. The molecule has 0 fully saturated rings. The lowest BCUT2D eigenvalue weighted by Gasteiger charge is -2.28. The molecule has 0 radical (unpaired) electrons. The number of allylic oxidation sites excluding steroid dienone is 8. The van der Waals surface area contributed by atoms with Crippen LogP contribution in [0.5, 0.6) is 0 Å². The maximum Gasteiger partial charge on any atom is 0.306 e. The van der Waals surface area contributed by atoms with Gasteiger partial charge in [-0.15, -0.1) is 0 Å². The normalized spacial score (nSPS) is 14.5. The molecule has 354 valence electrons. The van der Waals surface area contributed by atoms with Crippen molar-refractivity contribution in [3.8, 4) is 0 Å². The molecule has 0 saturated carbocycles. The van der Waals surface area contributed by atoms with Crippen molar-refractivity contribution in [2.45, 2.75) is 175 Å². The minimum absolute atomic E-state index is 0.0585. The third-order valence-electron chi connectivity index (χ3n) is 10.3. The Bertz CT molecular complexity index is 1540. The summed E-state index contributed by atoms with van der Waals surface area (Å²) in [5.41, 5.74) is 2.64. The summed E-state index contributed by atoms with van der Waals surface area (Å²) >= 11 is 0. The molecule has 3 atom stereocenters. The number of rotatable bonds is 38. The van der Waals surface area contributed by atoms with Gasteiger partial charge >= 0.3 is 11.9 Å². The molecule has 0 aliphatic rings. The number of nitrogens with zero attached hydrogens (tertiary/aromatic N) is 1. The zero-order valence-electron chi connectivity index (χ0n) is 39.6. The molecule has 0 spiro atoms. The predicted octanol–water partition coefficient (Wildman–Crippen LogP) is 11.2. The molecule has 0 amide bonds. The van der Waals surface area contributed by atoms with Crippen molar-refractivity contribution in [2.24, 2.45) is 0 Å². The Hall–Kier alpha value is -3.05. The van der Waals surface area contributed by atoms with E-state index in [0.29, 0.717) is 36.7 Å². The second kappa shape index (κ2) is 35.3. The van der Waals surface area contributed by atoms with Crippen LogP contribution in [-0.4, -0.2) is 81.2 Å². The van der Waals surface area contributed by atoms with Gasteiger partial charge in [0.15, 0.2) is 6.10 Å². The third kappa shape index (κ3) is 31.7. The van der Waals surface area contributed by atoms with Crippen molar-refractivity contribution in [1.82, 2.24) is 0 Å². The molecule has 1 aromatic heterocycles. The Morgan fingerprint density at radius 2 is 1.31 bits per heavy atom. The van der Waals surface area contributed by atoms with Crippen molar-refractivity contribution in [2.75, 3.05) is 47.5 Å². The van der Waals surface area contributed by atoms with Crippen LogP contribution in [0.2, 0.25) is 0 Å². The zero-order chi connectivity index (χ0) is 45.9. The maximum atomic E-state index is 12.7. The third-order valence-corrected chi connectivity index (χ3v) is 11.3. The lowest BCUT2D eigenvalue weighted by atomic mass is 10.0. The number of unbranched alkanes of at least 4 members (excludes halogenated alkanes) is 10. The molecule has 62 heavy (non-hydrogen) atoms. The lowest BCUT2D eigenvalue weighted by molar-refractivity contribution is -0.870. The van der Waals surface area contributed by atoms with E-state index in [2.05, 4.69) is 32.9 Å². The SMILES string of the molecule is CC/C=C\C(O)C/C=C/C=C\C/C=C\C/C=C\CCCC(=O)O[C@H](COC(=O)CCCCCCCCCCc1oc(CCCCC)c(C)c1C)COP(=O)([O-])OCC[N+](C)(C)C. The topological polar surface area (TPSA) is 145 Å². The summed E-state index contributed by atoms with van der Waals surface area (Å²) in [6, 6.07) is 0. The number of aliphatic hydroxyl groups excluding tert-OH is 1. The van der Waals surface area contributed by atoms with E-state index in [-0.39, 0.29) is 26.1 Å². The highest BCUT2D eigenvalue weighted by Crippen LogP contribution is 2.38. The molecule has 0 saturated heterocycles. The van der Waals surface area contributed by atoms with Gasteiger partial charge in [0, 0.05) is 25.7 Å². The number of likely N-dealkylation sites (N-methyl/N-ethyl adjacent to an activating group) is 1. The molecule has 0 bridgehead atoms. The number of phosphoric acid groups is 1. The zero-order valence-corrected chi connectivity index (χ0v) is 40.5. The van der Waals surface area contributed by atoms with Gasteiger partial charge < -0.3 is 37.4 Å². The molecular formula is C50H84NO10P. The summed E-state index contributed by atoms with van der Waals surface area (Å²) in [5.74, 6) is 1.37. The number of phosphoric ester groups is 1. The molecular weight excluding hydrogens is 806 g/mol. The van der Waals surface area contributed by atoms with Crippen LogP contribution in [0.25, 0.3) is 0 Å². The Labute approximate surface area is 375 Å². The number of carbonyl (C=O) groups excluding carboxylic acids is 2. The van der Waals surface area contributed by atoms with Gasteiger partial charge in [-0.05, 0) is 82.8 Å². The number of carbonyl (C=O) groups is 2. The molecule has 1 N–H and O–H groups in total. The number of aryl methyl sites for hydroxylation is 2. The molecule has 0 aliphatic heterocycles. The molecule has 1 rings (SSSR count). The van der Waals surface area contributed by atoms with Crippen molar-refractivity contribution in [1.29, 1.82) is 0 Å². The monoisotopic (exact) mass is 890 g/mol. The average molecular weight is 890 g/mol. The molecule has 0 aliphatic carbocycles. The Balaban J connectivity index is 2.39. The average Bonchev–Trinajstić information content (AvgIpc) is 3.49. The first-order valence-electron chi connectivity index (χ1n) is 23.5. The number of aliphatic hydroxyl groups is 1. The Kier molecular flexibility index (Phi) is 32.5. The summed E-state index contributed by atoms with van der Waals surface area (Å²) in [4.78, 5) is 37.7. The first kappa shape index (κ1) is 57.0. The van der Waals surface area contributed by atoms with E-state index in [9.17, 15) is 24.2 Å². The minimum Gasteiger partial charge on any atom is -0.756 e. The van der Waals surface area contributed by atoms with E-state index in [4.69, 9.17) is 22.9 Å². The van der Waals surface area contributed by atoms with Gasteiger partial charge in [0.25, 0.3) is 7.82 Å². The van der Waals surface area contributed by atoms with Crippen LogP contribution in [0.15, 0.2) is 65.2 Å². The summed E-state index contributed by atoms with van der Waals surface area (Å²) < 4.78 is 40.1. The number of hydrogen-bond acceptors (Lipinski definition) is 10. The van der Waals surface area contributed by atoms with Crippen LogP contribution < -0.4 is 4.89 Å². The van der Waals surface area contributed by atoms with Gasteiger partial charge in [0.2, 0.25) is 0 Å². The van der Waals surface area contributed by atoms with Crippen molar-refractivity contribution >= 4 is 19.8 Å². The Morgan fingerprint density at radius 1 is 0.726 bits per heavy atom. The number of esters is 2. The first-order chi connectivity index (χ1) is 29.7. The highest BCUT2D eigenvalue weighted by atomic mass is 31.2. The van der Waals surface area contributed by atoms with Crippen LogP contribution in [0.3, 0.4) is 0 Å². The molecule has 1 aromatic rings. The van der Waals surface area contributed by atoms with Gasteiger partial charge in [0.05, 0.1) is 33.9 Å². The standard InChI is InChI=1S/C50H84NO10P/c1-8-10-28-35-47-43(3)44(4)48(61-47)36-30-25-21-18-19-22-26-31-37-49(53)57-41-46(42-59-62(55,56)58-40-39-51(5,6)7)60-50(54)38-32-27-23-17-15-13-12-14-16-20-24-29-34-45(52)33-11-9-2/h11-13,16-17,20,23-24,29,33,45-46,52H,8-10,14-15,18-19,21-22,25-28,30-32,34-42H2,1-7H3/b13-12-,20-16-,23-17-,29-24+,33-11-/t45?,46-/m1/s1. The van der Waals surface area contributed by atoms with Gasteiger partial charge in [-0.3, -0.25) is 14.2 Å². The van der Waals surface area contributed by atoms with Crippen LogP contribution in [0.4, 0.5) is 0 Å². The first-order valence-corrected chi connectivity index (χ1v) is 24.9. The smallest absolute Gasteiger partial charge is 0.306 e. The lowest BCUT2D eigenvalue weighted by Crippen LogP contribution is -2.37. The largest absolute Gasteiger partial charge is 0.756 e. The fraction of sp³-hybridized carbons (Fsp3) is 0.680. The number of quaternary nitrogens is 1. The minimum atomic E-state index is -4.67. The summed E-state index contributed by atoms with van der Waals surface area (Å²) in [5, 5.41) is 9.79. The van der Waals surface area contributed by atoms with E-state index in [1.54, 1.807) is 0 Å². The van der Waals surface area contributed by atoms with E-state index in [1.165, 1.54) is 49.0 Å². The number of furan rings is 1. The summed E-state index contributed by atoms with van der Waals surface area (Å²) in [6.45, 7) is 8.19. The van der Waals surface area contributed by atoms with Crippen LogP contribution in [0.1, 0.15) is 158 Å². The predicted molar refractivity (Wildman–Crippen MR) is 250 cm³/mol. The quantitative estimate of drug-likeness (QED) is 0.0170. The summed E-state index contributed by atoms with van der Waals surface area (Å²) in [6.07, 6.45) is 37.1. The van der Waals surface area contributed by atoms with Crippen LogP contribution in [0, 0.1) is 13.8 Å². The van der Waals surface area contributed by atoms with Gasteiger partial charge in [-0.2, -0.15) is 0 Å². The van der Waals surface area contributed by atoms with Crippen molar-refractivity contribution < 1.29 is 51.6 Å².